The van der Waals surface area contributed by atoms with Crippen molar-refractivity contribution in [3.8, 4) is 0 Å². The summed E-state index contributed by atoms with van der Waals surface area (Å²) in [5.74, 6) is 1.45. The van der Waals surface area contributed by atoms with E-state index in [1.165, 1.54) is 36.9 Å². The number of carbonyl (C=O) groups is 1. The van der Waals surface area contributed by atoms with Gasteiger partial charge in [-0.2, -0.15) is 0 Å². The normalized spacial score (nSPS) is 22.1. The number of nitrogens with zero attached hydrogens (tertiary/aromatic N) is 3. The van der Waals surface area contributed by atoms with E-state index in [9.17, 15) is 4.79 Å². The van der Waals surface area contributed by atoms with Crippen LogP contribution in [0.3, 0.4) is 0 Å². The van der Waals surface area contributed by atoms with Crippen LogP contribution < -0.4 is 10.2 Å². The van der Waals surface area contributed by atoms with Gasteiger partial charge in [0.15, 0.2) is 0 Å². The summed E-state index contributed by atoms with van der Waals surface area (Å²) in [7, 11) is 1.67. The van der Waals surface area contributed by atoms with Gasteiger partial charge in [0, 0.05) is 50.4 Å². The van der Waals surface area contributed by atoms with E-state index in [4.69, 9.17) is 0 Å². The molecule has 5 heteroatoms. The van der Waals surface area contributed by atoms with Crippen LogP contribution in [0.2, 0.25) is 0 Å². The van der Waals surface area contributed by atoms with Gasteiger partial charge in [-0.15, -0.1) is 0 Å². The van der Waals surface area contributed by atoms with Crippen LogP contribution in [-0.4, -0.2) is 49.0 Å². The Morgan fingerprint density at radius 2 is 1.93 bits per heavy atom. The molecule has 1 aromatic carbocycles. The highest BCUT2D eigenvalue weighted by molar-refractivity contribution is 5.94. The minimum Gasteiger partial charge on any atom is -0.356 e. The summed E-state index contributed by atoms with van der Waals surface area (Å²) in [4.78, 5) is 21.5. The van der Waals surface area contributed by atoms with Crippen LogP contribution in [0.5, 0.6) is 0 Å². The molecule has 160 valence electrons. The lowest BCUT2D eigenvalue weighted by atomic mass is 9.79. The van der Waals surface area contributed by atoms with Gasteiger partial charge >= 0.3 is 0 Å². The molecule has 2 aliphatic heterocycles. The number of benzene rings is 1. The Morgan fingerprint density at radius 3 is 2.67 bits per heavy atom. The van der Waals surface area contributed by atoms with Gasteiger partial charge in [-0.1, -0.05) is 38.1 Å². The summed E-state index contributed by atoms with van der Waals surface area (Å²) in [6.07, 6.45) is 5.48. The highest BCUT2D eigenvalue weighted by Gasteiger charge is 2.41. The van der Waals surface area contributed by atoms with Crippen molar-refractivity contribution >= 4 is 11.7 Å². The summed E-state index contributed by atoms with van der Waals surface area (Å²) in [5, 5.41) is 2.70. The molecule has 1 atom stereocenters. The maximum Gasteiger partial charge on any atom is 0.251 e. The first-order chi connectivity index (χ1) is 14.5. The molecule has 0 saturated carbocycles. The Bertz CT molecular complexity index is 879. The number of nitrogens with one attached hydrogen (secondary N) is 1. The highest BCUT2D eigenvalue weighted by Crippen LogP contribution is 2.40. The molecule has 1 amide bonds. The number of likely N-dealkylation sites (tertiary alicyclic amines) is 1. The van der Waals surface area contributed by atoms with Gasteiger partial charge < -0.3 is 10.2 Å². The lowest BCUT2D eigenvalue weighted by Gasteiger charge is -2.40. The first-order valence-electron chi connectivity index (χ1n) is 11.2. The van der Waals surface area contributed by atoms with Gasteiger partial charge in [-0.05, 0) is 55.0 Å². The second-order valence-electron chi connectivity index (χ2n) is 9.36. The predicted molar refractivity (Wildman–Crippen MR) is 122 cm³/mol. The van der Waals surface area contributed by atoms with Crippen molar-refractivity contribution in [2.24, 2.45) is 5.41 Å². The zero-order valence-corrected chi connectivity index (χ0v) is 18.5. The smallest absolute Gasteiger partial charge is 0.251 e. The number of hydrogen-bond donors (Lipinski definition) is 1. The van der Waals surface area contributed by atoms with E-state index in [2.05, 4.69) is 58.2 Å². The van der Waals surface area contributed by atoms with Crippen LogP contribution in [0.4, 0.5) is 5.82 Å². The highest BCUT2D eigenvalue weighted by atomic mass is 16.1. The van der Waals surface area contributed by atoms with Crippen molar-refractivity contribution in [2.75, 3.05) is 38.1 Å². The summed E-state index contributed by atoms with van der Waals surface area (Å²) in [5.41, 5.74) is 3.83. The fourth-order valence-electron chi connectivity index (χ4n) is 5.05. The van der Waals surface area contributed by atoms with Gasteiger partial charge in [0.1, 0.15) is 5.82 Å². The van der Waals surface area contributed by atoms with Crippen molar-refractivity contribution < 1.29 is 4.79 Å². The fraction of sp³-hybridized carbons (Fsp3) is 0.520. The number of anilines is 1. The lowest BCUT2D eigenvalue weighted by Crippen LogP contribution is -2.44. The van der Waals surface area contributed by atoms with E-state index in [0.717, 1.165) is 32.0 Å². The molecular weight excluding hydrogens is 372 g/mol. The van der Waals surface area contributed by atoms with Crippen LogP contribution in [0, 0.1) is 5.41 Å². The van der Waals surface area contributed by atoms with Gasteiger partial charge in [-0.25, -0.2) is 4.98 Å². The minimum absolute atomic E-state index is 0.0557. The van der Waals surface area contributed by atoms with Crippen LogP contribution in [0.25, 0.3) is 0 Å². The Morgan fingerprint density at radius 1 is 1.13 bits per heavy atom. The van der Waals surface area contributed by atoms with Gasteiger partial charge in [0.05, 0.1) is 0 Å². The summed E-state index contributed by atoms with van der Waals surface area (Å²) in [6.45, 7) is 9.89. The van der Waals surface area contributed by atoms with Crippen molar-refractivity contribution in [1.82, 2.24) is 15.2 Å². The maximum atomic E-state index is 12.0. The molecule has 2 fully saturated rings. The second kappa shape index (κ2) is 8.76. The van der Waals surface area contributed by atoms with Crippen LogP contribution in [0.1, 0.15) is 60.5 Å². The van der Waals surface area contributed by atoms with E-state index in [1.807, 2.05) is 6.07 Å². The quantitative estimate of drug-likeness (QED) is 0.814. The average molecular weight is 407 g/mol. The van der Waals surface area contributed by atoms with Gasteiger partial charge in [-0.3, -0.25) is 9.69 Å². The first kappa shape index (κ1) is 20.9. The molecule has 0 bridgehead atoms. The SMILES string of the molecule is CNC(=O)c1ccnc(N2CC[C@@]3(CCCN(Cc4ccc(C(C)C)cc4)C3)C2)c1. The molecule has 5 nitrogen and oxygen atoms in total. The minimum atomic E-state index is -0.0557. The number of hydrogen-bond acceptors (Lipinski definition) is 4. The van der Waals surface area contributed by atoms with Crippen molar-refractivity contribution in [3.63, 3.8) is 0 Å². The van der Waals surface area contributed by atoms with Crippen LogP contribution in [-0.2, 0) is 6.54 Å². The van der Waals surface area contributed by atoms with Crippen molar-refractivity contribution in [2.45, 2.75) is 45.6 Å². The Balaban J connectivity index is 1.41. The fourth-order valence-corrected chi connectivity index (χ4v) is 5.05. The summed E-state index contributed by atoms with van der Waals surface area (Å²) >= 11 is 0. The molecule has 1 N–H and O–H groups in total. The molecule has 2 aliphatic rings. The monoisotopic (exact) mass is 406 g/mol. The van der Waals surface area contributed by atoms with E-state index in [-0.39, 0.29) is 5.91 Å². The van der Waals surface area contributed by atoms with E-state index >= 15 is 0 Å². The number of aromatic nitrogens is 1. The standard InChI is InChI=1S/C25H34N4O/c1-19(2)21-7-5-20(6-8-21)16-28-13-4-10-25(17-28)11-14-29(18-25)23-15-22(9-12-27-23)24(30)26-3/h5-9,12,15,19H,4,10-11,13-14,16-18H2,1-3H3,(H,26,30)/t25-/m1/s1. The summed E-state index contributed by atoms with van der Waals surface area (Å²) < 4.78 is 0. The Kier molecular flexibility index (Phi) is 6.09. The predicted octanol–water partition coefficient (Wildman–Crippen LogP) is 4.06. The van der Waals surface area contributed by atoms with E-state index < -0.39 is 0 Å². The third-order valence-corrected chi connectivity index (χ3v) is 6.79. The van der Waals surface area contributed by atoms with Gasteiger partial charge in [0.25, 0.3) is 5.91 Å². The topological polar surface area (TPSA) is 48.5 Å². The largest absolute Gasteiger partial charge is 0.356 e. The number of pyridine rings is 1. The average Bonchev–Trinajstić information content (AvgIpc) is 3.16. The Labute approximate surface area is 180 Å². The summed E-state index contributed by atoms with van der Waals surface area (Å²) in [6, 6.07) is 12.9. The zero-order chi connectivity index (χ0) is 21.1. The van der Waals surface area contributed by atoms with Gasteiger partial charge in [0.2, 0.25) is 0 Å². The van der Waals surface area contributed by atoms with Crippen molar-refractivity contribution in [1.29, 1.82) is 0 Å². The maximum absolute atomic E-state index is 12.0. The lowest BCUT2D eigenvalue weighted by molar-refractivity contribution is 0.0963. The van der Waals surface area contributed by atoms with Crippen LogP contribution >= 0.6 is 0 Å². The number of amides is 1. The molecule has 30 heavy (non-hydrogen) atoms. The number of carbonyl (C=O) groups excluding carboxylic acids is 1. The molecule has 0 aliphatic carbocycles. The molecule has 2 saturated heterocycles. The molecular formula is C25H34N4O. The number of rotatable bonds is 5. The molecule has 0 unspecified atom stereocenters. The molecule has 3 heterocycles. The third-order valence-electron chi connectivity index (χ3n) is 6.79. The third kappa shape index (κ3) is 4.51. The molecule has 4 rings (SSSR count). The molecule has 1 spiro atoms. The van der Waals surface area contributed by atoms with Crippen LogP contribution in [0.15, 0.2) is 42.6 Å². The molecule has 0 radical (unpaired) electrons. The van der Waals surface area contributed by atoms with Crippen molar-refractivity contribution in [3.05, 3.63) is 59.3 Å². The molecule has 1 aromatic heterocycles. The first-order valence-corrected chi connectivity index (χ1v) is 11.2. The number of piperidine rings is 1. The molecule has 2 aromatic rings. The van der Waals surface area contributed by atoms with E-state index in [0.29, 0.717) is 16.9 Å². The van der Waals surface area contributed by atoms with E-state index in [1.54, 1.807) is 19.3 Å². The Hall–Kier alpha value is -2.40. The zero-order valence-electron chi connectivity index (χ0n) is 18.5. The second-order valence-corrected chi connectivity index (χ2v) is 9.36.